The average Bonchev–Trinajstić information content (AvgIpc) is 3.05. The smallest absolute Gasteiger partial charge is 0.224 e. The molecule has 236 valence electrons. The zero-order valence-electron chi connectivity index (χ0n) is 25.0. The number of nitrogens with one attached hydrogen (secondary N) is 2. The summed E-state index contributed by atoms with van der Waals surface area (Å²) < 4.78 is 12.7. The minimum absolute atomic E-state index is 0.00300. The second-order valence-electron chi connectivity index (χ2n) is 10.9. The maximum Gasteiger partial charge on any atom is 0.224 e. The lowest BCUT2D eigenvalue weighted by Gasteiger charge is -2.36. The Hall–Kier alpha value is -3.41. The highest BCUT2D eigenvalue weighted by molar-refractivity contribution is 7.99. The molecule has 1 aliphatic heterocycles. The fourth-order valence-corrected chi connectivity index (χ4v) is 5.73. The number of aliphatic hydroxyl groups excluding tert-OH is 2. The zero-order valence-corrected chi connectivity index (χ0v) is 25.8. The van der Waals surface area contributed by atoms with E-state index in [-0.39, 0.29) is 37.2 Å². The number of hydrogen-bond acceptors (Lipinski definition) is 8. The van der Waals surface area contributed by atoms with E-state index in [4.69, 9.17) is 15.2 Å². The normalized spacial score (nSPS) is 18.1. The van der Waals surface area contributed by atoms with Gasteiger partial charge < -0.3 is 36.1 Å². The van der Waals surface area contributed by atoms with Crippen molar-refractivity contribution in [1.29, 1.82) is 0 Å². The highest BCUT2D eigenvalue weighted by Crippen LogP contribution is 2.38. The van der Waals surface area contributed by atoms with Crippen LogP contribution in [0.25, 0.3) is 0 Å². The summed E-state index contributed by atoms with van der Waals surface area (Å²) in [5.74, 6) is 1.31. The number of ether oxygens (including phenoxy) is 2. The lowest BCUT2D eigenvalue weighted by atomic mass is 10.0. The van der Waals surface area contributed by atoms with Crippen molar-refractivity contribution in [1.82, 2.24) is 5.32 Å². The van der Waals surface area contributed by atoms with E-state index in [1.54, 1.807) is 23.9 Å². The van der Waals surface area contributed by atoms with Gasteiger partial charge in [-0.2, -0.15) is 11.8 Å². The summed E-state index contributed by atoms with van der Waals surface area (Å²) in [6, 6.07) is 22.8. The molecule has 10 heteroatoms. The van der Waals surface area contributed by atoms with Crippen molar-refractivity contribution >= 4 is 35.0 Å². The van der Waals surface area contributed by atoms with Gasteiger partial charge >= 0.3 is 0 Å². The molecule has 9 nitrogen and oxygen atoms in total. The van der Waals surface area contributed by atoms with Crippen molar-refractivity contribution in [3.05, 3.63) is 95.1 Å². The topological polar surface area (TPSA) is 143 Å². The number of nitrogen functional groups attached to an aromatic ring is 1. The van der Waals surface area contributed by atoms with Crippen LogP contribution in [0.1, 0.15) is 73.2 Å². The van der Waals surface area contributed by atoms with E-state index in [1.807, 2.05) is 60.7 Å². The first kappa shape index (κ1) is 33.5. The number of rotatable bonds is 16. The quantitative estimate of drug-likeness (QED) is 0.108. The Kier molecular flexibility index (Phi) is 13.5. The van der Waals surface area contributed by atoms with Crippen LogP contribution in [0.15, 0.2) is 72.8 Å². The molecule has 3 aromatic rings. The van der Waals surface area contributed by atoms with Crippen molar-refractivity contribution in [2.45, 2.75) is 70.2 Å². The Labute approximate surface area is 263 Å². The van der Waals surface area contributed by atoms with Gasteiger partial charge in [-0.25, -0.2) is 0 Å². The molecule has 0 spiro atoms. The van der Waals surface area contributed by atoms with E-state index in [1.165, 1.54) is 0 Å². The number of unbranched alkanes of at least 4 members (excludes halogenated alkanes) is 2. The fraction of sp³-hybridized carbons (Fsp3) is 0.412. The van der Waals surface area contributed by atoms with Gasteiger partial charge in [0.1, 0.15) is 0 Å². The molecule has 1 heterocycles. The average molecular weight is 622 g/mol. The summed E-state index contributed by atoms with van der Waals surface area (Å²) in [6.45, 7) is 0.551. The minimum atomic E-state index is -0.540. The predicted molar refractivity (Wildman–Crippen MR) is 174 cm³/mol. The number of amides is 2. The third-order valence-electron chi connectivity index (χ3n) is 7.44. The van der Waals surface area contributed by atoms with E-state index >= 15 is 0 Å². The van der Waals surface area contributed by atoms with Crippen LogP contribution in [0.5, 0.6) is 0 Å². The second-order valence-corrected chi connectivity index (χ2v) is 12.0. The molecule has 6 N–H and O–H groups in total. The number of anilines is 2. The molecule has 0 unspecified atom stereocenters. The Morgan fingerprint density at radius 2 is 1.52 bits per heavy atom. The van der Waals surface area contributed by atoms with E-state index in [9.17, 15) is 19.8 Å². The van der Waals surface area contributed by atoms with E-state index < -0.39 is 6.29 Å². The molecule has 4 rings (SSSR count). The van der Waals surface area contributed by atoms with Gasteiger partial charge in [-0.15, -0.1) is 0 Å². The van der Waals surface area contributed by atoms with Gasteiger partial charge in [0.25, 0.3) is 0 Å². The van der Waals surface area contributed by atoms with E-state index in [0.29, 0.717) is 55.8 Å². The van der Waals surface area contributed by atoms with Gasteiger partial charge in [-0.1, -0.05) is 67.1 Å². The summed E-state index contributed by atoms with van der Waals surface area (Å²) >= 11 is 1.66. The van der Waals surface area contributed by atoms with Crippen LogP contribution in [-0.4, -0.2) is 46.2 Å². The molecule has 3 atom stereocenters. The van der Waals surface area contributed by atoms with Gasteiger partial charge in [0, 0.05) is 42.9 Å². The van der Waals surface area contributed by atoms with Crippen LogP contribution in [0, 0.1) is 0 Å². The van der Waals surface area contributed by atoms with Crippen molar-refractivity contribution < 1.29 is 29.3 Å². The minimum Gasteiger partial charge on any atom is -0.397 e. The maximum atomic E-state index is 12.4. The third-order valence-corrected chi connectivity index (χ3v) is 8.52. The number of thioether (sulfide) groups is 1. The number of carbonyl (C=O) groups is 2. The fourth-order valence-electron chi connectivity index (χ4n) is 4.96. The Balaban J connectivity index is 1.20. The SMILES string of the molecule is Nc1ccccc1NC(=O)CCCCCC(=O)NCc1ccc([C@@H]2O[C@H](CSCCO)C[C@H](c3ccc(CO)cc3)O2)cc1. The molecule has 0 bridgehead atoms. The second kappa shape index (κ2) is 17.8. The summed E-state index contributed by atoms with van der Waals surface area (Å²) in [6.07, 6.45) is 2.96. The Bertz CT molecular complexity index is 1320. The first-order chi connectivity index (χ1) is 21.4. The molecular formula is C34H43N3O6S. The molecule has 44 heavy (non-hydrogen) atoms. The van der Waals surface area contributed by atoms with E-state index in [0.717, 1.165) is 34.4 Å². The highest BCUT2D eigenvalue weighted by Gasteiger charge is 2.32. The molecule has 1 aliphatic rings. The molecular weight excluding hydrogens is 578 g/mol. The maximum absolute atomic E-state index is 12.4. The summed E-state index contributed by atoms with van der Waals surface area (Å²) in [7, 11) is 0. The molecule has 1 fully saturated rings. The van der Waals surface area contributed by atoms with Gasteiger partial charge in [-0.3, -0.25) is 9.59 Å². The number of para-hydroxylation sites is 2. The molecule has 0 radical (unpaired) electrons. The highest BCUT2D eigenvalue weighted by atomic mass is 32.2. The van der Waals surface area contributed by atoms with Gasteiger partial charge in [0.05, 0.1) is 36.8 Å². The molecule has 3 aromatic carbocycles. The van der Waals surface area contributed by atoms with Crippen LogP contribution in [0.4, 0.5) is 11.4 Å². The van der Waals surface area contributed by atoms with Gasteiger partial charge in [0.2, 0.25) is 11.8 Å². The first-order valence-corrected chi connectivity index (χ1v) is 16.3. The van der Waals surface area contributed by atoms with Gasteiger partial charge in [-0.05, 0) is 41.7 Å². The monoisotopic (exact) mass is 621 g/mol. The summed E-state index contributed by atoms with van der Waals surface area (Å²) in [5.41, 5.74) is 10.8. The van der Waals surface area contributed by atoms with Crippen LogP contribution in [0.3, 0.4) is 0 Å². The van der Waals surface area contributed by atoms with Crippen molar-refractivity contribution in [2.75, 3.05) is 29.2 Å². The Morgan fingerprint density at radius 3 is 2.23 bits per heavy atom. The lowest BCUT2D eigenvalue weighted by Crippen LogP contribution is -2.31. The number of nitrogens with two attached hydrogens (primary N) is 1. The van der Waals surface area contributed by atoms with Crippen LogP contribution in [-0.2, 0) is 32.2 Å². The standard InChI is InChI=1S/C34H43N3O6S/c35-29-6-4-5-7-30(29)37-33(41)9-3-1-2-8-32(40)36-21-24-10-16-27(17-11-24)34-42-28(23-44-19-18-38)20-31(43-34)26-14-12-25(22-39)13-15-26/h4-7,10-17,28,31,34,38-39H,1-3,8-9,18-23,35H2,(H,36,40)(H,37,41)/t28-,31+,34+/m0/s1. The summed E-state index contributed by atoms with van der Waals surface area (Å²) in [5, 5.41) is 24.4. The molecule has 2 amide bonds. The van der Waals surface area contributed by atoms with Crippen molar-refractivity contribution in [3.63, 3.8) is 0 Å². The number of carbonyl (C=O) groups excluding carboxylic acids is 2. The third kappa shape index (κ3) is 10.6. The predicted octanol–water partition coefficient (Wildman–Crippen LogP) is 5.24. The van der Waals surface area contributed by atoms with Crippen molar-refractivity contribution in [3.8, 4) is 0 Å². The molecule has 0 saturated carbocycles. The van der Waals surface area contributed by atoms with E-state index in [2.05, 4.69) is 10.6 Å². The molecule has 1 saturated heterocycles. The molecule has 0 aromatic heterocycles. The Morgan fingerprint density at radius 1 is 0.841 bits per heavy atom. The number of hydrogen-bond donors (Lipinski definition) is 5. The lowest BCUT2D eigenvalue weighted by molar-refractivity contribution is -0.245. The largest absolute Gasteiger partial charge is 0.397 e. The van der Waals surface area contributed by atoms with Crippen LogP contribution >= 0.6 is 11.8 Å². The van der Waals surface area contributed by atoms with Crippen molar-refractivity contribution in [2.24, 2.45) is 0 Å². The van der Waals surface area contributed by atoms with Gasteiger partial charge in [0.15, 0.2) is 6.29 Å². The first-order valence-electron chi connectivity index (χ1n) is 15.1. The summed E-state index contributed by atoms with van der Waals surface area (Å²) in [4.78, 5) is 24.5. The number of aliphatic hydroxyl groups is 2. The zero-order chi connectivity index (χ0) is 31.1. The van der Waals surface area contributed by atoms with Crippen LogP contribution in [0.2, 0.25) is 0 Å². The van der Waals surface area contributed by atoms with Crippen LogP contribution < -0.4 is 16.4 Å². The number of benzene rings is 3. The molecule has 0 aliphatic carbocycles.